The standard InChI is InChI=1S/C28H38N6O3/c1-18(19(2)29)26(30)28(36)32-23-15-22-16-24(33-27(22)31-17-23)21-8-11-34(12-9-21)25(35)7-3-5-20-6-4-13-37-14-10-20/h8,15-17,20,30H,3-7,9-14,29H2,1-2H3,(H,31,33)(H,32,36). The number of H-pyrrole nitrogens is 1. The van der Waals surface area contributed by atoms with Gasteiger partial charge in [-0.05, 0) is 81.6 Å². The van der Waals surface area contributed by atoms with E-state index in [1.807, 2.05) is 17.0 Å². The topological polar surface area (TPSA) is 137 Å². The van der Waals surface area contributed by atoms with Crippen molar-refractivity contribution in [2.75, 3.05) is 31.6 Å². The third-order valence-corrected chi connectivity index (χ3v) is 7.40. The van der Waals surface area contributed by atoms with Crippen molar-refractivity contribution in [3.63, 3.8) is 0 Å². The molecule has 5 N–H and O–H groups in total. The molecule has 0 saturated carbocycles. The molecule has 2 aromatic heterocycles. The van der Waals surface area contributed by atoms with Crippen molar-refractivity contribution in [3.05, 3.63) is 41.4 Å². The van der Waals surface area contributed by atoms with E-state index < -0.39 is 5.91 Å². The van der Waals surface area contributed by atoms with Gasteiger partial charge in [-0.1, -0.05) is 6.08 Å². The molecule has 1 fully saturated rings. The molecule has 0 aromatic carbocycles. The summed E-state index contributed by atoms with van der Waals surface area (Å²) in [5.41, 5.74) is 9.79. The fourth-order valence-corrected chi connectivity index (χ4v) is 4.92. The highest BCUT2D eigenvalue weighted by molar-refractivity contribution is 6.47. The lowest BCUT2D eigenvalue weighted by molar-refractivity contribution is -0.130. The number of pyridine rings is 1. The Balaban J connectivity index is 1.32. The average molecular weight is 507 g/mol. The number of hydrogen-bond acceptors (Lipinski definition) is 6. The van der Waals surface area contributed by atoms with E-state index in [1.54, 1.807) is 20.0 Å². The van der Waals surface area contributed by atoms with Gasteiger partial charge in [-0.25, -0.2) is 4.98 Å². The van der Waals surface area contributed by atoms with Crippen molar-refractivity contribution in [1.82, 2.24) is 14.9 Å². The zero-order valence-corrected chi connectivity index (χ0v) is 21.9. The summed E-state index contributed by atoms with van der Waals surface area (Å²) in [6.45, 7) is 6.37. The molecule has 9 nitrogen and oxygen atoms in total. The Morgan fingerprint density at radius 2 is 2.11 bits per heavy atom. The Kier molecular flexibility index (Phi) is 8.76. The molecule has 2 aliphatic heterocycles. The molecule has 4 heterocycles. The van der Waals surface area contributed by atoms with Crippen LogP contribution in [-0.2, 0) is 14.3 Å². The number of amides is 2. The first-order valence-electron chi connectivity index (χ1n) is 13.2. The van der Waals surface area contributed by atoms with Gasteiger partial charge in [-0.3, -0.25) is 15.0 Å². The first-order chi connectivity index (χ1) is 17.8. The van der Waals surface area contributed by atoms with E-state index in [9.17, 15) is 9.59 Å². The van der Waals surface area contributed by atoms with Gasteiger partial charge in [0.05, 0.1) is 11.9 Å². The molecule has 1 unspecified atom stereocenters. The van der Waals surface area contributed by atoms with Gasteiger partial charge in [0.1, 0.15) is 11.4 Å². The van der Waals surface area contributed by atoms with Crippen LogP contribution < -0.4 is 11.1 Å². The second kappa shape index (κ2) is 12.2. The van der Waals surface area contributed by atoms with Crippen molar-refractivity contribution in [2.45, 2.75) is 58.8 Å². The van der Waals surface area contributed by atoms with Gasteiger partial charge in [0.25, 0.3) is 5.91 Å². The summed E-state index contributed by atoms with van der Waals surface area (Å²) in [4.78, 5) is 34.9. The molecular formula is C28H38N6O3. The first kappa shape index (κ1) is 26.6. The van der Waals surface area contributed by atoms with Gasteiger partial charge in [0.15, 0.2) is 0 Å². The Morgan fingerprint density at radius 1 is 1.27 bits per heavy atom. The first-order valence-corrected chi connectivity index (χ1v) is 13.2. The SMILES string of the molecule is CC(N)=C(C)C(=N)C(=O)Nc1cnc2[nH]c(C3=CCN(C(=O)CCCC4CCCOCC4)CC3)cc2c1. The van der Waals surface area contributed by atoms with Gasteiger partial charge in [-0.15, -0.1) is 0 Å². The van der Waals surface area contributed by atoms with Gasteiger partial charge < -0.3 is 25.7 Å². The molecule has 0 bridgehead atoms. The van der Waals surface area contributed by atoms with Crippen molar-refractivity contribution < 1.29 is 14.3 Å². The zero-order valence-electron chi connectivity index (χ0n) is 21.9. The van der Waals surface area contributed by atoms with E-state index in [0.717, 1.165) is 67.6 Å². The average Bonchev–Trinajstić information content (AvgIpc) is 3.15. The van der Waals surface area contributed by atoms with Crippen molar-refractivity contribution >= 4 is 39.8 Å². The minimum atomic E-state index is -0.526. The molecule has 2 amide bonds. The molecule has 0 radical (unpaired) electrons. The van der Waals surface area contributed by atoms with Crippen LogP contribution in [0.25, 0.3) is 16.6 Å². The fourth-order valence-electron chi connectivity index (χ4n) is 4.92. The number of aromatic amines is 1. The number of hydrogen-bond donors (Lipinski definition) is 4. The summed E-state index contributed by atoms with van der Waals surface area (Å²) in [5, 5.41) is 11.6. The maximum Gasteiger partial charge on any atom is 0.273 e. The van der Waals surface area contributed by atoms with Crippen molar-refractivity contribution in [2.24, 2.45) is 11.7 Å². The van der Waals surface area contributed by atoms with Crippen molar-refractivity contribution in [3.8, 4) is 0 Å². The highest BCUT2D eigenvalue weighted by Gasteiger charge is 2.20. The number of ether oxygens (including phenoxy) is 1. The van der Waals surface area contributed by atoms with Gasteiger partial charge in [-0.2, -0.15) is 0 Å². The van der Waals surface area contributed by atoms with E-state index in [4.69, 9.17) is 15.9 Å². The third kappa shape index (κ3) is 6.85. The molecule has 0 spiro atoms. The number of carbonyl (C=O) groups excluding carboxylic acids is 2. The second-order valence-corrected chi connectivity index (χ2v) is 10.1. The molecule has 0 aliphatic carbocycles. The van der Waals surface area contributed by atoms with Gasteiger partial charge in [0, 0.05) is 49.5 Å². The zero-order chi connectivity index (χ0) is 26.4. The number of fused-ring (bicyclic) bond motifs is 1. The summed E-state index contributed by atoms with van der Waals surface area (Å²) in [6, 6.07) is 3.85. The normalized spacial score (nSPS) is 19.1. The maximum atomic E-state index is 12.7. The van der Waals surface area contributed by atoms with E-state index >= 15 is 0 Å². The molecular weight excluding hydrogens is 468 g/mol. The molecule has 1 saturated heterocycles. The molecule has 9 heteroatoms. The minimum Gasteiger partial charge on any atom is -0.402 e. The molecule has 1 atom stereocenters. The van der Waals surface area contributed by atoms with Crippen LogP contribution in [0.5, 0.6) is 0 Å². The van der Waals surface area contributed by atoms with E-state index in [-0.39, 0.29) is 11.6 Å². The van der Waals surface area contributed by atoms with Crippen LogP contribution in [0.1, 0.15) is 64.5 Å². The second-order valence-electron chi connectivity index (χ2n) is 10.1. The van der Waals surface area contributed by atoms with Crippen LogP contribution in [0.2, 0.25) is 0 Å². The molecule has 37 heavy (non-hydrogen) atoms. The Labute approximate surface area is 218 Å². The molecule has 4 rings (SSSR count). The lowest BCUT2D eigenvalue weighted by atomic mass is 9.94. The van der Waals surface area contributed by atoms with Crippen LogP contribution in [-0.4, -0.2) is 58.7 Å². The number of nitrogens with one attached hydrogen (secondary N) is 3. The van der Waals surface area contributed by atoms with Crippen LogP contribution in [0.15, 0.2) is 35.7 Å². The number of anilines is 1. The van der Waals surface area contributed by atoms with Crippen LogP contribution in [0.4, 0.5) is 5.69 Å². The lowest BCUT2D eigenvalue weighted by Crippen LogP contribution is -2.34. The molecule has 2 aromatic rings. The molecule has 198 valence electrons. The van der Waals surface area contributed by atoms with Crippen LogP contribution >= 0.6 is 0 Å². The fraction of sp³-hybridized carbons (Fsp3) is 0.500. The van der Waals surface area contributed by atoms with Crippen LogP contribution in [0, 0.1) is 11.3 Å². The maximum absolute atomic E-state index is 12.7. The number of nitrogens with two attached hydrogens (primary N) is 1. The summed E-state index contributed by atoms with van der Waals surface area (Å²) < 4.78 is 5.54. The number of carbonyl (C=O) groups is 2. The number of nitrogens with zero attached hydrogens (tertiary/aromatic N) is 2. The number of rotatable bonds is 8. The van der Waals surface area contributed by atoms with Crippen molar-refractivity contribution in [1.29, 1.82) is 5.41 Å². The van der Waals surface area contributed by atoms with E-state index in [0.29, 0.717) is 42.4 Å². The van der Waals surface area contributed by atoms with Crippen LogP contribution in [0.3, 0.4) is 0 Å². The van der Waals surface area contributed by atoms with Gasteiger partial charge >= 0.3 is 0 Å². The summed E-state index contributed by atoms with van der Waals surface area (Å²) in [5.74, 6) is 0.400. The predicted octanol–water partition coefficient (Wildman–Crippen LogP) is 4.38. The Hall–Kier alpha value is -3.46. The van der Waals surface area contributed by atoms with E-state index in [2.05, 4.69) is 21.4 Å². The van der Waals surface area contributed by atoms with Gasteiger partial charge in [0.2, 0.25) is 5.91 Å². The Morgan fingerprint density at radius 3 is 2.86 bits per heavy atom. The smallest absolute Gasteiger partial charge is 0.273 e. The highest BCUT2D eigenvalue weighted by atomic mass is 16.5. The third-order valence-electron chi connectivity index (χ3n) is 7.40. The largest absolute Gasteiger partial charge is 0.402 e. The Bertz CT molecular complexity index is 1220. The van der Waals surface area contributed by atoms with E-state index in [1.165, 1.54) is 6.42 Å². The predicted molar refractivity (Wildman–Crippen MR) is 146 cm³/mol. The number of allylic oxidation sites excluding steroid dienone is 1. The monoisotopic (exact) mass is 506 g/mol. The summed E-state index contributed by atoms with van der Waals surface area (Å²) in [7, 11) is 0. The quantitative estimate of drug-likeness (QED) is 0.394. The minimum absolute atomic E-state index is 0.166. The summed E-state index contributed by atoms with van der Waals surface area (Å²) in [6.07, 6.45) is 10.6. The molecule has 2 aliphatic rings. The number of aromatic nitrogens is 2. The lowest BCUT2D eigenvalue weighted by Gasteiger charge is -2.26. The summed E-state index contributed by atoms with van der Waals surface area (Å²) >= 11 is 0. The highest BCUT2D eigenvalue weighted by Crippen LogP contribution is 2.27.